The van der Waals surface area contributed by atoms with Gasteiger partial charge in [0.2, 0.25) is 0 Å². The number of H-pyrrole nitrogens is 1. The van der Waals surface area contributed by atoms with E-state index in [1.54, 1.807) is 17.0 Å². The Kier molecular flexibility index (Phi) is 3.69. The molecule has 0 aliphatic heterocycles. The van der Waals surface area contributed by atoms with Crippen molar-refractivity contribution in [1.29, 1.82) is 0 Å². The second-order valence-electron chi connectivity index (χ2n) is 5.03. The summed E-state index contributed by atoms with van der Waals surface area (Å²) in [5, 5.41) is 17.6. The summed E-state index contributed by atoms with van der Waals surface area (Å²) in [4.78, 5) is 12.3. The van der Waals surface area contributed by atoms with Crippen molar-refractivity contribution in [2.24, 2.45) is 7.05 Å². The highest BCUT2D eigenvalue weighted by Crippen LogP contribution is 2.17. The molecule has 1 amide bonds. The molecule has 0 aliphatic carbocycles. The first-order chi connectivity index (χ1) is 10.6. The molecular formula is C15H16N6O. The zero-order valence-electron chi connectivity index (χ0n) is 12.3. The Balaban J connectivity index is 1.74. The molecule has 7 nitrogen and oxygen atoms in total. The van der Waals surface area contributed by atoms with Crippen molar-refractivity contribution in [3.8, 4) is 11.3 Å². The third-order valence-corrected chi connectivity index (χ3v) is 3.37. The number of carbonyl (C=O) groups excluding carboxylic acids is 1. The molecule has 0 bridgehead atoms. The summed E-state index contributed by atoms with van der Waals surface area (Å²) in [5.41, 5.74) is 2.10. The van der Waals surface area contributed by atoms with Crippen LogP contribution in [0.25, 0.3) is 11.3 Å². The predicted octanol–water partition coefficient (Wildman–Crippen LogP) is 1.70. The van der Waals surface area contributed by atoms with Crippen LogP contribution in [0.15, 0.2) is 42.7 Å². The van der Waals surface area contributed by atoms with Crippen LogP contribution in [0.3, 0.4) is 0 Å². The molecular weight excluding hydrogens is 280 g/mol. The van der Waals surface area contributed by atoms with Crippen LogP contribution in [0.4, 0.5) is 0 Å². The number of aromatic amines is 1. The maximum Gasteiger partial charge on any atom is 0.269 e. The second kappa shape index (κ2) is 5.80. The number of benzene rings is 1. The molecule has 3 aromatic rings. The number of aromatic nitrogens is 5. The molecule has 2 heterocycles. The molecule has 7 heteroatoms. The molecule has 0 aliphatic rings. The fraction of sp³-hybridized carbons (Fsp3) is 0.200. The van der Waals surface area contributed by atoms with E-state index in [2.05, 4.69) is 25.7 Å². The maximum absolute atomic E-state index is 12.3. The smallest absolute Gasteiger partial charge is 0.269 e. The van der Waals surface area contributed by atoms with Crippen LogP contribution in [0.1, 0.15) is 29.3 Å². The Morgan fingerprint density at radius 2 is 2.09 bits per heavy atom. The predicted molar refractivity (Wildman–Crippen MR) is 80.9 cm³/mol. The van der Waals surface area contributed by atoms with Crippen molar-refractivity contribution in [3.05, 3.63) is 54.2 Å². The molecule has 22 heavy (non-hydrogen) atoms. The lowest BCUT2D eigenvalue weighted by atomic mass is 10.1. The molecule has 3 rings (SSSR count). The van der Waals surface area contributed by atoms with Gasteiger partial charge in [0.1, 0.15) is 12.0 Å². The zero-order chi connectivity index (χ0) is 15.5. The minimum Gasteiger partial charge on any atom is -0.341 e. The van der Waals surface area contributed by atoms with Gasteiger partial charge >= 0.3 is 0 Å². The molecule has 0 spiro atoms. The van der Waals surface area contributed by atoms with E-state index in [0.717, 1.165) is 11.3 Å². The summed E-state index contributed by atoms with van der Waals surface area (Å²) >= 11 is 0. The van der Waals surface area contributed by atoms with Crippen molar-refractivity contribution >= 4 is 5.91 Å². The van der Waals surface area contributed by atoms with Crippen LogP contribution < -0.4 is 5.32 Å². The number of hydrogen-bond donors (Lipinski definition) is 2. The van der Waals surface area contributed by atoms with Gasteiger partial charge < -0.3 is 9.88 Å². The molecule has 2 N–H and O–H groups in total. The Bertz CT molecular complexity index is 776. The highest BCUT2D eigenvalue weighted by molar-refractivity contribution is 5.93. The number of amides is 1. The number of nitrogens with one attached hydrogen (secondary N) is 2. The summed E-state index contributed by atoms with van der Waals surface area (Å²) in [6.07, 6.45) is 1.60. The van der Waals surface area contributed by atoms with Gasteiger partial charge in [-0.3, -0.25) is 9.89 Å². The first-order valence-corrected chi connectivity index (χ1v) is 6.90. The van der Waals surface area contributed by atoms with Crippen molar-refractivity contribution in [2.45, 2.75) is 13.0 Å². The largest absolute Gasteiger partial charge is 0.341 e. The minimum atomic E-state index is -0.247. The van der Waals surface area contributed by atoms with Gasteiger partial charge in [0.05, 0.1) is 11.7 Å². The van der Waals surface area contributed by atoms with Crippen LogP contribution in [0.5, 0.6) is 0 Å². The fourth-order valence-electron chi connectivity index (χ4n) is 2.22. The molecule has 1 atom stereocenters. The Hall–Kier alpha value is -2.96. The first kappa shape index (κ1) is 14.0. The lowest BCUT2D eigenvalue weighted by molar-refractivity contribution is 0.0932. The lowest BCUT2D eigenvalue weighted by Crippen LogP contribution is -2.28. The number of aryl methyl sites for hydroxylation is 1. The summed E-state index contributed by atoms with van der Waals surface area (Å²) < 4.78 is 1.77. The van der Waals surface area contributed by atoms with Gasteiger partial charge in [-0.15, -0.1) is 10.2 Å². The van der Waals surface area contributed by atoms with Gasteiger partial charge in [0, 0.05) is 12.6 Å². The average molecular weight is 296 g/mol. The molecule has 112 valence electrons. The topological polar surface area (TPSA) is 88.5 Å². The first-order valence-electron chi connectivity index (χ1n) is 6.90. The van der Waals surface area contributed by atoms with Crippen molar-refractivity contribution in [3.63, 3.8) is 0 Å². The number of nitrogens with zero attached hydrogens (tertiary/aromatic N) is 4. The molecule has 0 saturated heterocycles. The third kappa shape index (κ3) is 2.73. The van der Waals surface area contributed by atoms with E-state index in [0.29, 0.717) is 11.5 Å². The van der Waals surface area contributed by atoms with Crippen molar-refractivity contribution < 1.29 is 4.79 Å². The van der Waals surface area contributed by atoms with Gasteiger partial charge in [-0.05, 0) is 13.0 Å². The minimum absolute atomic E-state index is 0.231. The standard InChI is InChI=1S/C15H16N6O/c1-10(14-20-16-9-21(14)2)17-15(22)13-8-12(18-19-13)11-6-4-3-5-7-11/h3-10H,1-2H3,(H,17,22)(H,18,19)/t10-/m0/s1. The lowest BCUT2D eigenvalue weighted by Gasteiger charge is -2.11. The summed E-state index contributed by atoms with van der Waals surface area (Å²) in [7, 11) is 1.84. The Morgan fingerprint density at radius 1 is 1.32 bits per heavy atom. The fourth-order valence-corrected chi connectivity index (χ4v) is 2.22. The molecule has 2 aromatic heterocycles. The molecule has 0 unspecified atom stereocenters. The summed E-state index contributed by atoms with van der Waals surface area (Å²) in [5.74, 6) is 0.460. The number of carbonyl (C=O) groups is 1. The summed E-state index contributed by atoms with van der Waals surface area (Å²) in [6.45, 7) is 1.86. The van der Waals surface area contributed by atoms with Crippen LogP contribution in [-0.2, 0) is 7.05 Å². The van der Waals surface area contributed by atoms with E-state index in [1.165, 1.54) is 0 Å². The van der Waals surface area contributed by atoms with E-state index in [4.69, 9.17) is 0 Å². The van der Waals surface area contributed by atoms with E-state index in [1.807, 2.05) is 44.3 Å². The second-order valence-corrected chi connectivity index (χ2v) is 5.03. The SMILES string of the molecule is C[C@H](NC(=O)c1cc(-c2ccccc2)n[nH]1)c1nncn1C. The van der Waals surface area contributed by atoms with Crippen LogP contribution in [0, 0.1) is 0 Å². The molecule has 1 aromatic carbocycles. The van der Waals surface area contributed by atoms with E-state index in [9.17, 15) is 4.79 Å². The van der Waals surface area contributed by atoms with Gasteiger partial charge in [-0.2, -0.15) is 5.10 Å². The number of hydrogen-bond acceptors (Lipinski definition) is 4. The van der Waals surface area contributed by atoms with Crippen molar-refractivity contribution in [1.82, 2.24) is 30.3 Å². The summed E-state index contributed by atoms with van der Waals surface area (Å²) in [6, 6.07) is 11.2. The highest BCUT2D eigenvalue weighted by Gasteiger charge is 2.17. The van der Waals surface area contributed by atoms with Gasteiger partial charge in [0.25, 0.3) is 5.91 Å². The zero-order valence-corrected chi connectivity index (χ0v) is 12.3. The maximum atomic E-state index is 12.3. The van der Waals surface area contributed by atoms with Gasteiger partial charge in [-0.1, -0.05) is 30.3 Å². The normalized spacial score (nSPS) is 12.1. The van der Waals surface area contributed by atoms with E-state index < -0.39 is 0 Å². The van der Waals surface area contributed by atoms with Crippen molar-refractivity contribution in [2.75, 3.05) is 0 Å². The highest BCUT2D eigenvalue weighted by atomic mass is 16.2. The van der Waals surface area contributed by atoms with Gasteiger partial charge in [0.15, 0.2) is 5.82 Å². The van der Waals surface area contributed by atoms with Crippen LogP contribution in [-0.4, -0.2) is 30.9 Å². The van der Waals surface area contributed by atoms with Gasteiger partial charge in [-0.25, -0.2) is 0 Å². The van der Waals surface area contributed by atoms with Crippen LogP contribution in [0.2, 0.25) is 0 Å². The monoisotopic (exact) mass is 296 g/mol. The Labute approximate surface area is 127 Å². The van der Waals surface area contributed by atoms with Crippen LogP contribution >= 0.6 is 0 Å². The quantitative estimate of drug-likeness (QED) is 0.767. The Morgan fingerprint density at radius 3 is 2.77 bits per heavy atom. The average Bonchev–Trinajstić information content (AvgIpc) is 3.17. The third-order valence-electron chi connectivity index (χ3n) is 3.37. The van der Waals surface area contributed by atoms with E-state index >= 15 is 0 Å². The molecule has 0 radical (unpaired) electrons. The molecule has 0 saturated carbocycles. The van der Waals surface area contributed by atoms with E-state index in [-0.39, 0.29) is 11.9 Å². The number of rotatable bonds is 4. The molecule has 0 fully saturated rings.